The molecule has 6 heteroatoms. The van der Waals surface area contributed by atoms with Gasteiger partial charge in [-0.2, -0.15) is 0 Å². The Morgan fingerprint density at radius 1 is 1.38 bits per heavy atom. The molecular weight excluding hydrogens is 308 g/mol. The first-order chi connectivity index (χ1) is 9.92. The molecular formula is C15H23ClN2O2S. The van der Waals surface area contributed by atoms with E-state index < -0.39 is 10.0 Å². The molecule has 0 aliphatic carbocycles. The highest BCUT2D eigenvalue weighted by atomic mass is 35.5. The summed E-state index contributed by atoms with van der Waals surface area (Å²) in [7, 11) is 0.445. The standard InChI is InChI=1S/C15H23ClN2O2S/c1-17-8-4-7-15(17)11-18(2)21(19,20)12-14-6-3-5-13(9-14)10-16/h3,5-6,9,15H,4,7-8,10-12H2,1-2H3. The summed E-state index contributed by atoms with van der Waals surface area (Å²) in [6.45, 7) is 1.62. The number of likely N-dealkylation sites (tertiary alicyclic amines) is 1. The van der Waals surface area contributed by atoms with Crippen LogP contribution in [0.15, 0.2) is 24.3 Å². The number of likely N-dealkylation sites (N-methyl/N-ethyl adjacent to an activating group) is 2. The van der Waals surface area contributed by atoms with E-state index in [0.29, 0.717) is 18.5 Å². The lowest BCUT2D eigenvalue weighted by Crippen LogP contribution is -2.39. The predicted octanol–water partition coefficient (Wildman–Crippen LogP) is 2.28. The molecule has 0 N–H and O–H groups in total. The molecule has 1 heterocycles. The highest BCUT2D eigenvalue weighted by Gasteiger charge is 2.27. The molecule has 1 unspecified atom stereocenters. The fourth-order valence-electron chi connectivity index (χ4n) is 2.74. The van der Waals surface area contributed by atoms with Gasteiger partial charge >= 0.3 is 0 Å². The Kier molecular flexibility index (Phi) is 5.66. The van der Waals surface area contributed by atoms with E-state index in [9.17, 15) is 8.42 Å². The highest BCUT2D eigenvalue weighted by Crippen LogP contribution is 2.18. The van der Waals surface area contributed by atoms with Gasteiger partial charge in [-0.1, -0.05) is 24.3 Å². The summed E-state index contributed by atoms with van der Waals surface area (Å²) in [5.74, 6) is 0.432. The van der Waals surface area contributed by atoms with Crippen LogP contribution in [0.4, 0.5) is 0 Å². The fourth-order valence-corrected chi connectivity index (χ4v) is 4.13. The van der Waals surface area contributed by atoms with Gasteiger partial charge in [0.25, 0.3) is 0 Å². The average Bonchev–Trinajstić information content (AvgIpc) is 2.84. The summed E-state index contributed by atoms with van der Waals surface area (Å²) >= 11 is 5.80. The van der Waals surface area contributed by atoms with E-state index in [1.165, 1.54) is 4.31 Å². The van der Waals surface area contributed by atoms with E-state index in [-0.39, 0.29) is 5.75 Å². The van der Waals surface area contributed by atoms with Crippen LogP contribution in [-0.4, -0.2) is 50.8 Å². The lowest BCUT2D eigenvalue weighted by atomic mass is 10.2. The van der Waals surface area contributed by atoms with Crippen LogP contribution in [0.3, 0.4) is 0 Å². The van der Waals surface area contributed by atoms with Gasteiger partial charge in [0.15, 0.2) is 0 Å². The molecule has 4 nitrogen and oxygen atoms in total. The van der Waals surface area contributed by atoms with Crippen molar-refractivity contribution in [3.63, 3.8) is 0 Å². The van der Waals surface area contributed by atoms with Crippen LogP contribution >= 0.6 is 11.6 Å². The van der Waals surface area contributed by atoms with Crippen molar-refractivity contribution in [1.29, 1.82) is 0 Å². The maximum absolute atomic E-state index is 12.5. The lowest BCUT2D eigenvalue weighted by molar-refractivity contribution is 0.271. The van der Waals surface area contributed by atoms with Crippen molar-refractivity contribution in [2.75, 3.05) is 27.2 Å². The zero-order valence-electron chi connectivity index (χ0n) is 12.6. The van der Waals surface area contributed by atoms with Gasteiger partial charge in [-0.15, -0.1) is 11.6 Å². The summed E-state index contributed by atoms with van der Waals surface area (Å²) in [6.07, 6.45) is 2.21. The Balaban J connectivity index is 2.03. The molecule has 0 aromatic heterocycles. The molecule has 1 atom stereocenters. The number of alkyl halides is 1. The first-order valence-electron chi connectivity index (χ1n) is 7.20. The number of rotatable bonds is 6. The molecule has 1 aliphatic rings. The van der Waals surface area contributed by atoms with Gasteiger partial charge in [-0.3, -0.25) is 0 Å². The largest absolute Gasteiger partial charge is 0.302 e. The minimum atomic E-state index is -3.29. The van der Waals surface area contributed by atoms with Crippen molar-refractivity contribution in [3.05, 3.63) is 35.4 Å². The van der Waals surface area contributed by atoms with Gasteiger partial charge in [0.2, 0.25) is 10.0 Å². The van der Waals surface area contributed by atoms with E-state index in [1.807, 2.05) is 24.3 Å². The van der Waals surface area contributed by atoms with E-state index in [4.69, 9.17) is 11.6 Å². The first kappa shape index (κ1) is 16.7. The Labute approximate surface area is 132 Å². The van der Waals surface area contributed by atoms with Crippen molar-refractivity contribution in [1.82, 2.24) is 9.21 Å². The molecule has 0 bridgehead atoms. The van der Waals surface area contributed by atoms with Crippen LogP contribution in [0.25, 0.3) is 0 Å². The molecule has 0 amide bonds. The van der Waals surface area contributed by atoms with E-state index in [1.54, 1.807) is 7.05 Å². The SMILES string of the molecule is CN1CCCC1CN(C)S(=O)(=O)Cc1cccc(CCl)c1. The Morgan fingerprint density at radius 3 is 2.71 bits per heavy atom. The second-order valence-corrected chi connectivity index (χ2v) is 8.11. The van der Waals surface area contributed by atoms with Gasteiger partial charge in [-0.05, 0) is 37.6 Å². The number of hydrogen-bond acceptors (Lipinski definition) is 3. The third kappa shape index (κ3) is 4.42. The van der Waals surface area contributed by atoms with Gasteiger partial charge in [0.05, 0.1) is 5.75 Å². The summed E-state index contributed by atoms with van der Waals surface area (Å²) < 4.78 is 26.4. The summed E-state index contributed by atoms with van der Waals surface area (Å²) in [4.78, 5) is 2.24. The molecule has 1 fully saturated rings. The minimum absolute atomic E-state index is 0.0324. The summed E-state index contributed by atoms with van der Waals surface area (Å²) in [5, 5.41) is 0. The van der Waals surface area contributed by atoms with Crippen molar-refractivity contribution in [2.45, 2.75) is 30.5 Å². The van der Waals surface area contributed by atoms with Crippen molar-refractivity contribution >= 4 is 21.6 Å². The second kappa shape index (κ2) is 7.09. The molecule has 118 valence electrons. The van der Waals surface area contributed by atoms with Crippen LogP contribution in [0.5, 0.6) is 0 Å². The second-order valence-electron chi connectivity index (χ2n) is 5.77. The monoisotopic (exact) mass is 330 g/mol. The van der Waals surface area contributed by atoms with Crippen molar-refractivity contribution in [2.24, 2.45) is 0 Å². The Hall–Kier alpha value is -0.620. The third-order valence-corrected chi connectivity index (χ3v) is 6.21. The van der Waals surface area contributed by atoms with Crippen molar-refractivity contribution < 1.29 is 8.42 Å². The quantitative estimate of drug-likeness (QED) is 0.751. The maximum Gasteiger partial charge on any atom is 0.218 e. The molecule has 1 aliphatic heterocycles. The molecule has 0 spiro atoms. The number of sulfonamides is 1. The number of benzene rings is 1. The Morgan fingerprint density at radius 2 is 2.10 bits per heavy atom. The van der Waals surface area contributed by atoms with Gasteiger partial charge in [0, 0.05) is 25.5 Å². The number of halogens is 1. The summed E-state index contributed by atoms with van der Waals surface area (Å²) in [5.41, 5.74) is 1.74. The summed E-state index contributed by atoms with van der Waals surface area (Å²) in [6, 6.07) is 7.79. The van der Waals surface area contributed by atoms with E-state index >= 15 is 0 Å². The van der Waals surface area contributed by atoms with Crippen LogP contribution in [-0.2, 0) is 21.7 Å². The molecule has 21 heavy (non-hydrogen) atoms. The van der Waals surface area contributed by atoms with E-state index in [2.05, 4.69) is 11.9 Å². The highest BCUT2D eigenvalue weighted by molar-refractivity contribution is 7.88. The molecule has 0 saturated carbocycles. The Bertz CT molecular complexity index is 577. The lowest BCUT2D eigenvalue weighted by Gasteiger charge is -2.25. The average molecular weight is 331 g/mol. The molecule has 1 saturated heterocycles. The topological polar surface area (TPSA) is 40.6 Å². The van der Waals surface area contributed by atoms with Gasteiger partial charge in [0.1, 0.15) is 0 Å². The third-order valence-electron chi connectivity index (χ3n) is 4.11. The normalized spacial score (nSPS) is 20.3. The predicted molar refractivity (Wildman–Crippen MR) is 86.9 cm³/mol. The zero-order valence-corrected chi connectivity index (χ0v) is 14.2. The number of hydrogen-bond donors (Lipinski definition) is 0. The van der Waals surface area contributed by atoms with Crippen molar-refractivity contribution in [3.8, 4) is 0 Å². The smallest absolute Gasteiger partial charge is 0.218 e. The van der Waals surface area contributed by atoms with Crippen LogP contribution in [0.1, 0.15) is 24.0 Å². The number of nitrogens with zero attached hydrogens (tertiary/aromatic N) is 2. The van der Waals surface area contributed by atoms with Gasteiger partial charge in [-0.25, -0.2) is 12.7 Å². The molecule has 1 aromatic carbocycles. The van der Waals surface area contributed by atoms with Crippen LogP contribution in [0.2, 0.25) is 0 Å². The zero-order chi connectivity index (χ0) is 15.5. The molecule has 1 aromatic rings. The fraction of sp³-hybridized carbons (Fsp3) is 0.600. The van der Waals surface area contributed by atoms with Crippen LogP contribution < -0.4 is 0 Å². The molecule has 0 radical (unpaired) electrons. The minimum Gasteiger partial charge on any atom is -0.302 e. The van der Waals surface area contributed by atoms with Crippen LogP contribution in [0, 0.1) is 0 Å². The van der Waals surface area contributed by atoms with E-state index in [0.717, 1.165) is 30.5 Å². The first-order valence-corrected chi connectivity index (χ1v) is 9.35. The molecule has 2 rings (SSSR count). The van der Waals surface area contributed by atoms with Gasteiger partial charge < -0.3 is 4.90 Å². The maximum atomic E-state index is 12.5.